The molecule has 0 fully saturated rings. The van der Waals surface area contributed by atoms with E-state index in [2.05, 4.69) is 0 Å². The largest absolute Gasteiger partial charge is 0.417 e. The predicted molar refractivity (Wildman–Crippen MR) is 95.2 cm³/mol. The van der Waals surface area contributed by atoms with Crippen LogP contribution in [0.15, 0.2) is 42.5 Å². The molecule has 0 atom stereocenters. The lowest BCUT2D eigenvalue weighted by atomic mass is 10.1. The molecule has 2 rings (SSSR count). The Balaban J connectivity index is 2.53. The lowest BCUT2D eigenvalue weighted by molar-refractivity contribution is -0.137. The molecule has 0 saturated carbocycles. The van der Waals surface area contributed by atoms with Gasteiger partial charge < -0.3 is 0 Å². The minimum Gasteiger partial charge on any atom is -0.297 e. The van der Waals surface area contributed by atoms with E-state index in [0.29, 0.717) is 10.6 Å². The molecular formula is C17H11F3N2S2. The Labute approximate surface area is 148 Å². The van der Waals surface area contributed by atoms with Crippen LogP contribution in [0.4, 0.5) is 18.9 Å². The van der Waals surface area contributed by atoms with Gasteiger partial charge >= 0.3 is 6.18 Å². The first-order chi connectivity index (χ1) is 11.3. The molecule has 0 bridgehead atoms. The van der Waals surface area contributed by atoms with Crippen LogP contribution in [0.3, 0.4) is 0 Å². The summed E-state index contributed by atoms with van der Waals surface area (Å²) in [7, 11) is 0. The molecule has 0 saturated heterocycles. The van der Waals surface area contributed by atoms with E-state index in [1.807, 2.05) is 19.1 Å². The van der Waals surface area contributed by atoms with Crippen LogP contribution in [0.2, 0.25) is 0 Å². The molecule has 0 N–H and O–H groups in total. The third kappa shape index (κ3) is 3.61. The molecule has 24 heavy (non-hydrogen) atoms. The Bertz CT molecular complexity index is 838. The van der Waals surface area contributed by atoms with Gasteiger partial charge in [-0.25, -0.2) is 0 Å². The zero-order valence-electron chi connectivity index (χ0n) is 12.5. The maximum absolute atomic E-state index is 13.1. The summed E-state index contributed by atoms with van der Waals surface area (Å²) in [4.78, 5) is 1.62. The minimum absolute atomic E-state index is 0.157. The van der Waals surface area contributed by atoms with Gasteiger partial charge in [0.05, 0.1) is 22.7 Å². The van der Waals surface area contributed by atoms with E-state index >= 15 is 0 Å². The van der Waals surface area contributed by atoms with Gasteiger partial charge in [-0.15, -0.1) is 0 Å². The van der Waals surface area contributed by atoms with Crippen molar-refractivity contribution in [2.45, 2.75) is 13.1 Å². The minimum atomic E-state index is -4.64. The van der Waals surface area contributed by atoms with E-state index in [1.54, 1.807) is 18.2 Å². The number of thiocarbonyl (C=S) groups is 2. The number of halogens is 3. The van der Waals surface area contributed by atoms with Crippen molar-refractivity contribution in [2.24, 2.45) is 0 Å². The SMILES string of the molecule is Cc1ccccc1C(=S)N(C=S)c1ccc(C#N)c(C(F)(F)F)c1. The summed E-state index contributed by atoms with van der Waals surface area (Å²) in [5, 5.41) is 8.87. The quantitative estimate of drug-likeness (QED) is 0.714. The van der Waals surface area contributed by atoms with E-state index in [-0.39, 0.29) is 5.69 Å². The van der Waals surface area contributed by atoms with Crippen molar-refractivity contribution in [1.82, 2.24) is 0 Å². The first kappa shape index (κ1) is 18.0. The van der Waals surface area contributed by atoms with E-state index in [1.165, 1.54) is 16.5 Å². The number of nitriles is 1. The average molecular weight is 364 g/mol. The molecule has 0 aliphatic heterocycles. The number of benzene rings is 2. The van der Waals surface area contributed by atoms with Crippen LogP contribution in [0.1, 0.15) is 22.3 Å². The molecule has 0 unspecified atom stereocenters. The normalized spacial score (nSPS) is 10.8. The average Bonchev–Trinajstić information content (AvgIpc) is 2.55. The molecule has 2 aromatic carbocycles. The van der Waals surface area contributed by atoms with Crippen molar-refractivity contribution in [3.63, 3.8) is 0 Å². The van der Waals surface area contributed by atoms with Gasteiger partial charge in [-0.1, -0.05) is 48.7 Å². The maximum Gasteiger partial charge on any atom is 0.417 e. The second-order valence-corrected chi connectivity index (χ2v) is 5.53. The molecule has 122 valence electrons. The number of rotatable bonds is 3. The lowest BCUT2D eigenvalue weighted by Crippen LogP contribution is -2.28. The van der Waals surface area contributed by atoms with Crippen LogP contribution >= 0.6 is 24.4 Å². The fourth-order valence-corrected chi connectivity index (χ4v) is 2.86. The highest BCUT2D eigenvalue weighted by Crippen LogP contribution is 2.34. The summed E-state index contributed by atoms with van der Waals surface area (Å²) in [6, 6.07) is 12.2. The van der Waals surface area contributed by atoms with Gasteiger partial charge in [-0.2, -0.15) is 18.4 Å². The van der Waals surface area contributed by atoms with Crippen LogP contribution in [0.25, 0.3) is 0 Å². The molecule has 0 aliphatic rings. The molecule has 0 aromatic heterocycles. The number of aryl methyl sites for hydroxylation is 1. The van der Waals surface area contributed by atoms with Gasteiger partial charge in [0.25, 0.3) is 0 Å². The predicted octanol–water partition coefficient (Wildman–Crippen LogP) is 5.02. The number of anilines is 1. The summed E-state index contributed by atoms with van der Waals surface area (Å²) in [6.45, 7) is 1.85. The standard InChI is InChI=1S/C17H11F3N2S2/c1-11-4-2-3-5-14(11)16(24)22(10-23)13-7-6-12(9-21)15(8-13)17(18,19)20/h2-8,10H,1H3. The third-order valence-corrected chi connectivity index (χ3v) is 4.03. The van der Waals surface area contributed by atoms with Crippen molar-refractivity contribution >= 4 is 40.6 Å². The molecule has 0 spiro atoms. The summed E-state index contributed by atoms with van der Waals surface area (Å²) in [6.07, 6.45) is -4.64. The third-order valence-electron chi connectivity index (χ3n) is 3.41. The van der Waals surface area contributed by atoms with Crippen molar-refractivity contribution in [1.29, 1.82) is 5.26 Å². The monoisotopic (exact) mass is 364 g/mol. The first-order valence-corrected chi connectivity index (χ1v) is 7.63. The van der Waals surface area contributed by atoms with E-state index in [9.17, 15) is 13.2 Å². The summed E-state index contributed by atoms with van der Waals surface area (Å²) in [5.74, 6) is 0. The second-order valence-electron chi connectivity index (χ2n) is 4.93. The van der Waals surface area contributed by atoms with E-state index in [0.717, 1.165) is 17.7 Å². The number of nitrogens with zero attached hydrogens (tertiary/aromatic N) is 2. The smallest absolute Gasteiger partial charge is 0.297 e. The molecule has 0 radical (unpaired) electrons. The number of hydrogen-bond donors (Lipinski definition) is 0. The Morgan fingerprint density at radius 1 is 1.21 bits per heavy atom. The van der Waals surface area contributed by atoms with Gasteiger partial charge in [-0.05, 0) is 30.7 Å². The Morgan fingerprint density at radius 3 is 2.42 bits per heavy atom. The van der Waals surface area contributed by atoms with Crippen molar-refractivity contribution in [3.05, 3.63) is 64.7 Å². The zero-order valence-corrected chi connectivity index (χ0v) is 14.1. The fraction of sp³-hybridized carbons (Fsp3) is 0.118. The Hall–Kier alpha value is -2.30. The zero-order chi connectivity index (χ0) is 17.9. The molecule has 7 heteroatoms. The molecule has 2 nitrogen and oxygen atoms in total. The molecule has 0 aliphatic carbocycles. The number of hydrogen-bond acceptors (Lipinski definition) is 3. The van der Waals surface area contributed by atoms with Crippen molar-refractivity contribution in [2.75, 3.05) is 4.90 Å². The van der Waals surface area contributed by atoms with Crippen LogP contribution in [-0.2, 0) is 6.18 Å². The summed E-state index contributed by atoms with van der Waals surface area (Å²) in [5.41, 5.74) is 1.47. The summed E-state index contributed by atoms with van der Waals surface area (Å²) < 4.78 is 39.4. The highest BCUT2D eigenvalue weighted by atomic mass is 32.1. The van der Waals surface area contributed by atoms with Gasteiger partial charge in [0, 0.05) is 11.3 Å². The second kappa shape index (κ2) is 7.07. The lowest BCUT2D eigenvalue weighted by Gasteiger charge is -2.22. The summed E-state index contributed by atoms with van der Waals surface area (Å²) >= 11 is 10.3. The maximum atomic E-state index is 13.1. The molecule has 0 heterocycles. The van der Waals surface area contributed by atoms with Crippen LogP contribution in [-0.4, -0.2) is 10.5 Å². The number of alkyl halides is 3. The topological polar surface area (TPSA) is 27.0 Å². The highest BCUT2D eigenvalue weighted by Gasteiger charge is 2.34. The molecule has 0 amide bonds. The fourth-order valence-electron chi connectivity index (χ4n) is 2.18. The van der Waals surface area contributed by atoms with E-state index in [4.69, 9.17) is 29.7 Å². The van der Waals surface area contributed by atoms with Gasteiger partial charge in [-0.3, -0.25) is 4.90 Å². The van der Waals surface area contributed by atoms with Crippen LogP contribution in [0.5, 0.6) is 0 Å². The Kier molecular flexibility index (Phi) is 5.32. The first-order valence-electron chi connectivity index (χ1n) is 6.75. The molecular weight excluding hydrogens is 353 g/mol. The Morgan fingerprint density at radius 2 is 1.88 bits per heavy atom. The van der Waals surface area contributed by atoms with E-state index < -0.39 is 17.3 Å². The van der Waals surface area contributed by atoms with Crippen LogP contribution < -0.4 is 4.90 Å². The van der Waals surface area contributed by atoms with Gasteiger partial charge in [0.1, 0.15) is 4.99 Å². The highest BCUT2D eigenvalue weighted by molar-refractivity contribution is 7.82. The van der Waals surface area contributed by atoms with Crippen molar-refractivity contribution < 1.29 is 13.2 Å². The van der Waals surface area contributed by atoms with Gasteiger partial charge in [0.2, 0.25) is 0 Å². The molecule has 2 aromatic rings. The van der Waals surface area contributed by atoms with Gasteiger partial charge in [0.15, 0.2) is 0 Å². The van der Waals surface area contributed by atoms with Crippen molar-refractivity contribution in [3.8, 4) is 6.07 Å². The van der Waals surface area contributed by atoms with Crippen LogP contribution in [0, 0.1) is 18.3 Å².